The molecule has 3 amide bonds. The predicted molar refractivity (Wildman–Crippen MR) is 110 cm³/mol. The van der Waals surface area contributed by atoms with Crippen molar-refractivity contribution < 1.29 is 28.6 Å². The summed E-state index contributed by atoms with van der Waals surface area (Å²) >= 11 is 5.78. The lowest BCUT2D eigenvalue weighted by Crippen LogP contribution is -2.46. The minimum Gasteiger partial charge on any atom is -0.407 e. The van der Waals surface area contributed by atoms with Gasteiger partial charge in [-0.2, -0.15) is 0 Å². The Morgan fingerprint density at radius 3 is 2.77 bits per heavy atom. The molecule has 0 radical (unpaired) electrons. The topological polar surface area (TPSA) is 121 Å². The van der Waals surface area contributed by atoms with E-state index in [1.165, 1.54) is 36.2 Å². The zero-order valence-electron chi connectivity index (χ0n) is 16.5. The molecule has 0 saturated carbocycles. The van der Waals surface area contributed by atoms with Crippen LogP contribution in [0.15, 0.2) is 36.5 Å². The van der Waals surface area contributed by atoms with E-state index < -0.39 is 23.6 Å². The van der Waals surface area contributed by atoms with Crippen molar-refractivity contribution in [1.82, 2.24) is 10.3 Å². The molecular weight excluding hydrogens is 431 g/mol. The third kappa shape index (κ3) is 5.68. The van der Waals surface area contributed by atoms with Gasteiger partial charge < -0.3 is 25.4 Å². The molecule has 1 aliphatic heterocycles. The lowest BCUT2D eigenvalue weighted by molar-refractivity contribution is -0.175. The standard InChI is InChI=1S/C20H20ClFN4O5/c1-12(27)25-17-3-2-16(11-24-17)26-7-5-20(30,18(26)28)31-19(29)23-6-4-13-8-14(21)10-15(22)9-13/h2-3,8-11,30H,4-7H2,1H3,(H,23,29)(H,24,25,27)/t20-/m0/s1. The highest BCUT2D eigenvalue weighted by Gasteiger charge is 2.49. The lowest BCUT2D eigenvalue weighted by Gasteiger charge is -2.22. The van der Waals surface area contributed by atoms with Crippen LogP contribution in [0.25, 0.3) is 0 Å². The van der Waals surface area contributed by atoms with E-state index in [1.807, 2.05) is 0 Å². The number of hydrogen-bond acceptors (Lipinski definition) is 6. The summed E-state index contributed by atoms with van der Waals surface area (Å²) in [7, 11) is 0. The van der Waals surface area contributed by atoms with Gasteiger partial charge in [0.2, 0.25) is 5.91 Å². The molecule has 2 heterocycles. The first-order chi connectivity index (χ1) is 14.7. The molecule has 11 heteroatoms. The average molecular weight is 451 g/mol. The summed E-state index contributed by atoms with van der Waals surface area (Å²) in [5, 5.41) is 15.7. The SMILES string of the molecule is CC(=O)Nc1ccc(N2CC[C@](O)(OC(=O)NCCc3cc(F)cc(Cl)c3)C2=O)cn1. The number of alkyl carbamates (subject to hydrolysis) is 1. The van der Waals surface area contributed by atoms with Gasteiger partial charge in [-0.3, -0.25) is 9.59 Å². The number of hydrogen-bond donors (Lipinski definition) is 3. The number of nitrogens with one attached hydrogen (secondary N) is 2. The van der Waals surface area contributed by atoms with Crippen molar-refractivity contribution in [2.45, 2.75) is 25.6 Å². The molecule has 1 aromatic heterocycles. The number of pyridine rings is 1. The molecule has 1 aromatic carbocycles. The van der Waals surface area contributed by atoms with Crippen LogP contribution in [0, 0.1) is 5.82 Å². The van der Waals surface area contributed by atoms with Crippen LogP contribution in [0.3, 0.4) is 0 Å². The molecule has 1 aliphatic rings. The predicted octanol–water partition coefficient (Wildman–Crippen LogP) is 2.23. The van der Waals surface area contributed by atoms with Gasteiger partial charge in [0.25, 0.3) is 11.7 Å². The summed E-state index contributed by atoms with van der Waals surface area (Å²) in [6.07, 6.45) is 0.516. The Bertz CT molecular complexity index is 983. The fourth-order valence-corrected chi connectivity index (χ4v) is 3.32. The highest BCUT2D eigenvalue weighted by atomic mass is 35.5. The quantitative estimate of drug-likeness (QED) is 0.580. The Morgan fingerprint density at radius 1 is 1.35 bits per heavy atom. The van der Waals surface area contributed by atoms with Gasteiger partial charge in [-0.15, -0.1) is 0 Å². The Balaban J connectivity index is 1.54. The van der Waals surface area contributed by atoms with Crippen LogP contribution < -0.4 is 15.5 Å². The number of rotatable bonds is 6. The number of carbonyl (C=O) groups is 3. The molecule has 0 unspecified atom stereocenters. The number of benzene rings is 1. The lowest BCUT2D eigenvalue weighted by atomic mass is 10.1. The van der Waals surface area contributed by atoms with Gasteiger partial charge in [-0.05, 0) is 42.3 Å². The van der Waals surface area contributed by atoms with Crippen molar-refractivity contribution in [3.05, 3.63) is 52.9 Å². The maximum absolute atomic E-state index is 13.3. The number of carbonyl (C=O) groups excluding carboxylic acids is 3. The van der Waals surface area contributed by atoms with Crippen molar-refractivity contribution in [2.75, 3.05) is 23.3 Å². The van der Waals surface area contributed by atoms with E-state index in [1.54, 1.807) is 12.1 Å². The Kier molecular flexibility index (Phi) is 6.71. The van der Waals surface area contributed by atoms with Crippen LogP contribution in [0.5, 0.6) is 0 Å². The zero-order valence-corrected chi connectivity index (χ0v) is 17.3. The molecule has 9 nitrogen and oxygen atoms in total. The molecule has 3 N–H and O–H groups in total. The summed E-state index contributed by atoms with van der Waals surface area (Å²) < 4.78 is 18.3. The molecule has 2 aromatic rings. The summed E-state index contributed by atoms with van der Waals surface area (Å²) in [5.74, 6) is -3.59. The molecule has 1 atom stereocenters. The zero-order chi connectivity index (χ0) is 22.6. The number of nitrogens with zero attached hydrogens (tertiary/aromatic N) is 2. The summed E-state index contributed by atoms with van der Waals surface area (Å²) in [4.78, 5) is 41.0. The Hall–Kier alpha value is -3.24. The van der Waals surface area contributed by atoms with Gasteiger partial charge in [0.15, 0.2) is 0 Å². The number of aliphatic hydroxyl groups is 1. The summed E-state index contributed by atoms with van der Waals surface area (Å²) in [6, 6.07) is 7.08. The van der Waals surface area contributed by atoms with E-state index >= 15 is 0 Å². The smallest absolute Gasteiger partial charge is 0.407 e. The third-order valence-electron chi connectivity index (χ3n) is 4.48. The fourth-order valence-electron chi connectivity index (χ4n) is 3.08. The van der Waals surface area contributed by atoms with E-state index in [4.69, 9.17) is 16.3 Å². The fraction of sp³-hybridized carbons (Fsp3) is 0.300. The van der Waals surface area contributed by atoms with Crippen molar-refractivity contribution in [1.29, 1.82) is 0 Å². The van der Waals surface area contributed by atoms with Gasteiger partial charge >= 0.3 is 6.09 Å². The van der Waals surface area contributed by atoms with Gasteiger partial charge in [0, 0.05) is 31.5 Å². The molecule has 3 rings (SSSR count). The average Bonchev–Trinajstić information content (AvgIpc) is 2.96. The van der Waals surface area contributed by atoms with Crippen molar-refractivity contribution in [3.8, 4) is 0 Å². The minimum absolute atomic E-state index is 0.0845. The second-order valence-corrected chi connectivity index (χ2v) is 7.35. The number of aromatic nitrogens is 1. The third-order valence-corrected chi connectivity index (χ3v) is 4.70. The second-order valence-electron chi connectivity index (χ2n) is 6.92. The molecule has 164 valence electrons. The highest BCUT2D eigenvalue weighted by molar-refractivity contribution is 6.30. The Morgan fingerprint density at radius 2 is 2.13 bits per heavy atom. The first-order valence-corrected chi connectivity index (χ1v) is 9.74. The van der Waals surface area contributed by atoms with Crippen molar-refractivity contribution in [3.63, 3.8) is 0 Å². The van der Waals surface area contributed by atoms with Crippen LogP contribution in [-0.2, 0) is 20.7 Å². The molecule has 0 spiro atoms. The van der Waals surface area contributed by atoms with Gasteiger partial charge in [0.1, 0.15) is 11.6 Å². The van der Waals surface area contributed by atoms with E-state index in [0.29, 0.717) is 17.1 Å². The maximum atomic E-state index is 13.3. The first kappa shape index (κ1) is 22.4. The van der Waals surface area contributed by atoms with Gasteiger partial charge in [-0.25, -0.2) is 14.2 Å². The van der Waals surface area contributed by atoms with Crippen LogP contribution in [0.4, 0.5) is 20.7 Å². The normalized spacial score (nSPS) is 18.1. The highest BCUT2D eigenvalue weighted by Crippen LogP contribution is 2.29. The molecule has 31 heavy (non-hydrogen) atoms. The maximum Gasteiger partial charge on any atom is 0.410 e. The van der Waals surface area contributed by atoms with E-state index in [-0.39, 0.29) is 36.9 Å². The van der Waals surface area contributed by atoms with Crippen LogP contribution >= 0.6 is 11.6 Å². The first-order valence-electron chi connectivity index (χ1n) is 9.36. The van der Waals surface area contributed by atoms with E-state index in [9.17, 15) is 23.9 Å². The molecule has 0 aliphatic carbocycles. The molecule has 1 saturated heterocycles. The van der Waals surface area contributed by atoms with Gasteiger partial charge in [0.05, 0.1) is 11.9 Å². The number of amides is 3. The van der Waals surface area contributed by atoms with Crippen LogP contribution in [-0.4, -0.2) is 46.9 Å². The summed E-state index contributed by atoms with van der Waals surface area (Å²) in [5.41, 5.74) is 0.948. The van der Waals surface area contributed by atoms with Crippen molar-refractivity contribution >= 4 is 41.0 Å². The van der Waals surface area contributed by atoms with Crippen LogP contribution in [0.2, 0.25) is 5.02 Å². The minimum atomic E-state index is -2.32. The number of ether oxygens (including phenoxy) is 1. The monoisotopic (exact) mass is 450 g/mol. The molecular formula is C20H20ClFN4O5. The second kappa shape index (κ2) is 9.27. The Labute approximate surface area is 182 Å². The molecule has 1 fully saturated rings. The number of halogens is 2. The number of anilines is 2. The van der Waals surface area contributed by atoms with E-state index in [0.717, 1.165) is 0 Å². The molecule has 0 bridgehead atoms. The van der Waals surface area contributed by atoms with Crippen LogP contribution in [0.1, 0.15) is 18.9 Å². The van der Waals surface area contributed by atoms with Crippen molar-refractivity contribution in [2.24, 2.45) is 0 Å². The van der Waals surface area contributed by atoms with E-state index in [2.05, 4.69) is 15.6 Å². The summed E-state index contributed by atoms with van der Waals surface area (Å²) in [6.45, 7) is 1.53. The van der Waals surface area contributed by atoms with Gasteiger partial charge in [-0.1, -0.05) is 11.6 Å². The largest absolute Gasteiger partial charge is 0.410 e.